The second-order valence-electron chi connectivity index (χ2n) is 9.01. The van der Waals surface area contributed by atoms with E-state index in [0.29, 0.717) is 11.3 Å². The monoisotopic (exact) mass is 529 g/mol. The molecule has 3 heterocycles. The SMILES string of the molecule is CC(C)OC(=O)CNP(=O)(OCC1CC(C)(C#N)C(c2cnc3c(N)ncnn23)O1)Oc1ccccc1. The summed E-state index contributed by atoms with van der Waals surface area (Å²) >= 11 is 0. The first-order chi connectivity index (χ1) is 17.6. The number of carbonyl (C=O) groups excluding carboxylic acids is 1. The van der Waals surface area contributed by atoms with Crippen molar-refractivity contribution < 1.29 is 27.9 Å². The first-order valence-corrected chi connectivity index (χ1v) is 13.1. The van der Waals surface area contributed by atoms with Gasteiger partial charge in [-0.05, 0) is 39.3 Å². The van der Waals surface area contributed by atoms with Crippen molar-refractivity contribution in [2.75, 3.05) is 18.9 Å². The van der Waals surface area contributed by atoms with E-state index in [1.54, 1.807) is 51.1 Å². The van der Waals surface area contributed by atoms with Gasteiger partial charge in [0.05, 0.1) is 42.2 Å². The molecule has 1 fully saturated rings. The van der Waals surface area contributed by atoms with Crippen LogP contribution in [0.15, 0.2) is 42.9 Å². The number of imidazole rings is 1. The molecular formula is C23H28N7O6P. The number of nitrogens with two attached hydrogens (primary N) is 1. The Bertz CT molecular complexity index is 1340. The van der Waals surface area contributed by atoms with Gasteiger partial charge in [0.15, 0.2) is 11.5 Å². The minimum atomic E-state index is -4.04. The third-order valence-corrected chi connectivity index (χ3v) is 7.11. The summed E-state index contributed by atoms with van der Waals surface area (Å²) in [5.41, 5.74) is 5.78. The summed E-state index contributed by atoms with van der Waals surface area (Å²) in [6, 6.07) is 10.7. The van der Waals surface area contributed by atoms with Gasteiger partial charge < -0.3 is 19.7 Å². The Morgan fingerprint density at radius 3 is 2.84 bits per heavy atom. The van der Waals surface area contributed by atoms with Crippen molar-refractivity contribution in [3.63, 3.8) is 0 Å². The Kier molecular flexibility index (Phi) is 7.75. The third-order valence-electron chi connectivity index (χ3n) is 5.62. The molecule has 37 heavy (non-hydrogen) atoms. The highest BCUT2D eigenvalue weighted by Gasteiger charge is 2.48. The van der Waals surface area contributed by atoms with Crippen molar-refractivity contribution in [1.82, 2.24) is 24.7 Å². The molecule has 3 aromatic rings. The molecule has 2 aromatic heterocycles. The Morgan fingerprint density at radius 2 is 2.14 bits per heavy atom. The molecule has 0 saturated carbocycles. The van der Waals surface area contributed by atoms with Gasteiger partial charge in [0.25, 0.3) is 0 Å². The number of aromatic nitrogens is 4. The number of rotatable bonds is 10. The van der Waals surface area contributed by atoms with E-state index in [-0.39, 0.29) is 30.7 Å². The number of para-hydroxylation sites is 1. The van der Waals surface area contributed by atoms with Crippen LogP contribution in [0.1, 0.15) is 39.0 Å². The largest absolute Gasteiger partial charge is 0.462 e. The molecule has 13 nitrogen and oxygen atoms in total. The molecule has 0 amide bonds. The molecule has 196 valence electrons. The van der Waals surface area contributed by atoms with Gasteiger partial charge in [-0.2, -0.15) is 10.4 Å². The fourth-order valence-corrected chi connectivity index (χ4v) is 5.27. The lowest BCUT2D eigenvalue weighted by molar-refractivity contribution is -0.145. The summed E-state index contributed by atoms with van der Waals surface area (Å²) < 4.78 is 37.6. The van der Waals surface area contributed by atoms with E-state index in [0.717, 1.165) is 0 Å². The minimum absolute atomic E-state index is 0.183. The Morgan fingerprint density at radius 1 is 1.38 bits per heavy atom. The predicted molar refractivity (Wildman–Crippen MR) is 131 cm³/mol. The van der Waals surface area contributed by atoms with Gasteiger partial charge in [-0.25, -0.2) is 24.1 Å². The standard InChI is InChI=1S/C23H28N7O6P/c1-15(2)34-19(31)11-29-37(32,36-16-7-5-4-6-8-16)33-12-17-9-23(3,13-24)20(35-17)18-10-26-22-21(25)27-14-28-30(18)22/h4-8,10,14-15,17,20H,9,11-12H2,1-3H3,(H,29,32)(H2,25,27,28). The van der Waals surface area contributed by atoms with Crippen molar-refractivity contribution in [3.8, 4) is 11.8 Å². The maximum absolute atomic E-state index is 13.6. The average Bonchev–Trinajstić information content (AvgIpc) is 3.44. The number of nitrogens with zero attached hydrogens (tertiary/aromatic N) is 5. The van der Waals surface area contributed by atoms with Gasteiger partial charge in [-0.15, -0.1) is 0 Å². The molecule has 4 atom stereocenters. The molecule has 1 aliphatic rings. The topological polar surface area (TPSA) is 176 Å². The van der Waals surface area contributed by atoms with Crippen molar-refractivity contribution >= 4 is 25.2 Å². The van der Waals surface area contributed by atoms with Gasteiger partial charge >= 0.3 is 13.7 Å². The zero-order valence-electron chi connectivity index (χ0n) is 20.6. The first-order valence-electron chi connectivity index (χ1n) is 11.6. The van der Waals surface area contributed by atoms with Crippen LogP contribution in [0, 0.1) is 16.7 Å². The Hall–Kier alpha value is -3.56. The maximum Gasteiger partial charge on any atom is 0.459 e. The zero-order chi connectivity index (χ0) is 26.6. The van der Waals surface area contributed by atoms with Gasteiger partial charge in [0.2, 0.25) is 0 Å². The van der Waals surface area contributed by atoms with Crippen LogP contribution < -0.4 is 15.3 Å². The van der Waals surface area contributed by atoms with E-state index in [2.05, 4.69) is 26.2 Å². The van der Waals surface area contributed by atoms with Crippen LogP contribution in [-0.4, -0.2) is 50.9 Å². The number of benzene rings is 1. The fourth-order valence-electron chi connectivity index (χ4n) is 3.97. The number of nitriles is 1. The minimum Gasteiger partial charge on any atom is -0.462 e. The van der Waals surface area contributed by atoms with Crippen molar-refractivity contribution in [2.45, 2.75) is 45.5 Å². The number of esters is 1. The number of hydrogen-bond acceptors (Lipinski definition) is 11. The molecule has 0 bridgehead atoms. The molecule has 1 aliphatic heterocycles. The van der Waals surface area contributed by atoms with E-state index in [1.165, 1.54) is 17.0 Å². The van der Waals surface area contributed by atoms with Crippen LogP contribution in [0.3, 0.4) is 0 Å². The second-order valence-corrected chi connectivity index (χ2v) is 10.8. The predicted octanol–water partition coefficient (Wildman–Crippen LogP) is 2.81. The highest BCUT2D eigenvalue weighted by molar-refractivity contribution is 7.52. The van der Waals surface area contributed by atoms with Crippen LogP contribution in [-0.2, 0) is 23.4 Å². The number of hydrogen-bond donors (Lipinski definition) is 2. The summed E-state index contributed by atoms with van der Waals surface area (Å²) in [4.78, 5) is 20.2. The lowest BCUT2D eigenvalue weighted by Crippen LogP contribution is -2.28. The highest BCUT2D eigenvalue weighted by atomic mass is 31.2. The molecule has 0 aliphatic carbocycles. The summed E-state index contributed by atoms with van der Waals surface area (Å²) in [6.45, 7) is 4.59. The number of nitrogens with one attached hydrogen (secondary N) is 1. The van der Waals surface area contributed by atoms with E-state index < -0.39 is 37.9 Å². The quantitative estimate of drug-likeness (QED) is 0.290. The van der Waals surface area contributed by atoms with Crippen LogP contribution in [0.2, 0.25) is 0 Å². The van der Waals surface area contributed by atoms with E-state index >= 15 is 0 Å². The average molecular weight is 529 g/mol. The van der Waals surface area contributed by atoms with E-state index in [9.17, 15) is 14.6 Å². The number of fused-ring (bicyclic) bond motifs is 1. The fraction of sp³-hybridized carbons (Fsp3) is 0.435. The van der Waals surface area contributed by atoms with Crippen LogP contribution in [0.5, 0.6) is 5.75 Å². The molecule has 4 unspecified atom stereocenters. The van der Waals surface area contributed by atoms with Gasteiger partial charge in [-0.3, -0.25) is 9.32 Å². The van der Waals surface area contributed by atoms with Crippen molar-refractivity contribution in [2.24, 2.45) is 5.41 Å². The third kappa shape index (κ3) is 6.06. The van der Waals surface area contributed by atoms with Crippen LogP contribution in [0.25, 0.3) is 5.65 Å². The van der Waals surface area contributed by atoms with Crippen LogP contribution >= 0.6 is 7.75 Å². The molecule has 0 radical (unpaired) electrons. The summed E-state index contributed by atoms with van der Waals surface area (Å²) in [7, 11) is -4.04. The molecule has 1 saturated heterocycles. The molecular weight excluding hydrogens is 501 g/mol. The number of carbonyl (C=O) groups is 1. The van der Waals surface area contributed by atoms with Gasteiger partial charge in [0, 0.05) is 0 Å². The van der Waals surface area contributed by atoms with Gasteiger partial charge in [-0.1, -0.05) is 18.2 Å². The normalized spacial score (nSPS) is 23.0. The summed E-state index contributed by atoms with van der Waals surface area (Å²) in [5, 5.41) is 16.7. The molecule has 4 rings (SSSR count). The molecule has 14 heteroatoms. The Labute approximate surface area is 213 Å². The van der Waals surface area contributed by atoms with Crippen molar-refractivity contribution in [1.29, 1.82) is 5.26 Å². The molecule has 3 N–H and O–H groups in total. The summed E-state index contributed by atoms with van der Waals surface area (Å²) in [5.74, 6) is -0.136. The van der Waals surface area contributed by atoms with E-state index in [4.69, 9.17) is 24.3 Å². The lowest BCUT2D eigenvalue weighted by Gasteiger charge is -2.22. The number of anilines is 1. The maximum atomic E-state index is 13.6. The Balaban J connectivity index is 1.50. The summed E-state index contributed by atoms with van der Waals surface area (Å²) in [6.07, 6.45) is 1.41. The zero-order valence-corrected chi connectivity index (χ0v) is 21.5. The highest BCUT2D eigenvalue weighted by Crippen LogP contribution is 2.50. The molecule has 1 aromatic carbocycles. The first kappa shape index (κ1) is 26.5. The van der Waals surface area contributed by atoms with Crippen molar-refractivity contribution in [3.05, 3.63) is 48.5 Å². The molecule has 0 spiro atoms. The second kappa shape index (κ2) is 10.8. The number of nitrogen functional groups attached to an aromatic ring is 1. The van der Waals surface area contributed by atoms with E-state index in [1.807, 2.05) is 0 Å². The lowest BCUT2D eigenvalue weighted by atomic mass is 9.82. The van der Waals surface area contributed by atoms with Crippen LogP contribution in [0.4, 0.5) is 5.82 Å². The number of ether oxygens (including phenoxy) is 2. The smallest absolute Gasteiger partial charge is 0.459 e. The van der Waals surface area contributed by atoms with Gasteiger partial charge in [0.1, 0.15) is 24.7 Å².